The lowest BCUT2D eigenvalue weighted by Gasteiger charge is -2.28. The maximum absolute atomic E-state index is 4.68. The van der Waals surface area contributed by atoms with E-state index in [1.165, 1.54) is 25.7 Å². The summed E-state index contributed by atoms with van der Waals surface area (Å²) in [5.41, 5.74) is 0. The fraction of sp³-hybridized carbons (Fsp3) is 0.750. The van der Waals surface area contributed by atoms with Gasteiger partial charge in [0.1, 0.15) is 17.5 Å². The van der Waals surface area contributed by atoms with Gasteiger partial charge in [-0.25, -0.2) is 9.97 Å². The van der Waals surface area contributed by atoms with Gasteiger partial charge in [-0.05, 0) is 38.9 Å². The van der Waals surface area contributed by atoms with Gasteiger partial charge in [0.05, 0.1) is 0 Å². The normalized spacial score (nSPS) is 22.3. The molecule has 1 fully saturated rings. The Hall–Kier alpha value is -0.970. The van der Waals surface area contributed by atoms with Gasteiger partial charge in [0.25, 0.3) is 0 Å². The fourth-order valence-corrected chi connectivity index (χ4v) is 3.47. The summed E-state index contributed by atoms with van der Waals surface area (Å²) >= 11 is 2.01. The molecule has 1 saturated carbocycles. The Morgan fingerprint density at radius 1 is 1.19 bits per heavy atom. The standard InChI is InChI=1S/C16H28N4S/c1-5-17-14-10-15(20-16(19-14)11(2)3)18-12-6-8-13(21-4)9-7-12/h10-13H,5-9H2,1-4H3,(H2,17,18,19,20). The summed E-state index contributed by atoms with van der Waals surface area (Å²) in [5.74, 6) is 3.15. The molecular weight excluding hydrogens is 280 g/mol. The van der Waals surface area contributed by atoms with Crippen LogP contribution in [0.4, 0.5) is 11.6 Å². The number of anilines is 2. The molecule has 0 unspecified atom stereocenters. The minimum atomic E-state index is 0.344. The van der Waals surface area contributed by atoms with Crippen LogP contribution in [0.15, 0.2) is 6.07 Å². The number of nitrogens with one attached hydrogen (secondary N) is 2. The van der Waals surface area contributed by atoms with Crippen LogP contribution >= 0.6 is 11.8 Å². The summed E-state index contributed by atoms with van der Waals surface area (Å²) in [6.07, 6.45) is 7.31. The van der Waals surface area contributed by atoms with Crippen LogP contribution in [0.25, 0.3) is 0 Å². The Kier molecular flexibility index (Phi) is 6.15. The molecule has 1 aromatic rings. The van der Waals surface area contributed by atoms with Gasteiger partial charge in [0.15, 0.2) is 0 Å². The maximum atomic E-state index is 4.68. The zero-order chi connectivity index (χ0) is 15.2. The quantitative estimate of drug-likeness (QED) is 0.828. The van der Waals surface area contributed by atoms with E-state index in [0.717, 1.165) is 29.3 Å². The van der Waals surface area contributed by atoms with Crippen LogP contribution in [0.1, 0.15) is 58.2 Å². The highest BCUT2D eigenvalue weighted by molar-refractivity contribution is 7.99. The molecule has 21 heavy (non-hydrogen) atoms. The molecule has 2 N–H and O–H groups in total. The Bertz CT molecular complexity index is 442. The molecule has 0 bridgehead atoms. The number of hydrogen-bond donors (Lipinski definition) is 2. The molecule has 0 spiro atoms. The molecule has 0 amide bonds. The SMILES string of the molecule is CCNc1cc(NC2CCC(SC)CC2)nc(C(C)C)n1. The first-order chi connectivity index (χ1) is 10.1. The molecule has 2 rings (SSSR count). The minimum Gasteiger partial charge on any atom is -0.370 e. The summed E-state index contributed by atoms with van der Waals surface area (Å²) in [6.45, 7) is 7.25. The predicted octanol–water partition coefficient (Wildman–Crippen LogP) is 4.12. The molecule has 1 aliphatic carbocycles. The first-order valence-corrected chi connectivity index (χ1v) is 9.33. The van der Waals surface area contributed by atoms with Crippen molar-refractivity contribution in [1.29, 1.82) is 0 Å². The van der Waals surface area contributed by atoms with Gasteiger partial charge in [-0.1, -0.05) is 13.8 Å². The highest BCUT2D eigenvalue weighted by Crippen LogP contribution is 2.29. The molecule has 5 heteroatoms. The second kappa shape index (κ2) is 7.87. The first-order valence-electron chi connectivity index (χ1n) is 8.04. The van der Waals surface area contributed by atoms with Crippen LogP contribution in [0, 0.1) is 0 Å². The van der Waals surface area contributed by atoms with E-state index in [-0.39, 0.29) is 0 Å². The van der Waals surface area contributed by atoms with Crippen molar-refractivity contribution in [1.82, 2.24) is 9.97 Å². The maximum Gasteiger partial charge on any atom is 0.135 e. The molecule has 1 aromatic heterocycles. The molecule has 4 nitrogen and oxygen atoms in total. The number of rotatable bonds is 6. The average molecular weight is 308 g/mol. The molecule has 0 aromatic carbocycles. The first kappa shape index (κ1) is 16.4. The van der Waals surface area contributed by atoms with Crippen LogP contribution in [0.2, 0.25) is 0 Å². The van der Waals surface area contributed by atoms with Crippen molar-refractivity contribution in [2.24, 2.45) is 0 Å². The number of thioether (sulfide) groups is 1. The van der Waals surface area contributed by atoms with E-state index >= 15 is 0 Å². The molecule has 0 aliphatic heterocycles. The summed E-state index contributed by atoms with van der Waals surface area (Å²) < 4.78 is 0. The molecule has 118 valence electrons. The average Bonchev–Trinajstić information content (AvgIpc) is 2.48. The van der Waals surface area contributed by atoms with Crippen LogP contribution in [0.3, 0.4) is 0 Å². The van der Waals surface area contributed by atoms with Crippen molar-refractivity contribution in [3.8, 4) is 0 Å². The van der Waals surface area contributed by atoms with Crippen LogP contribution in [-0.2, 0) is 0 Å². The van der Waals surface area contributed by atoms with E-state index < -0.39 is 0 Å². The van der Waals surface area contributed by atoms with Gasteiger partial charge in [0.2, 0.25) is 0 Å². The van der Waals surface area contributed by atoms with E-state index in [1.54, 1.807) is 0 Å². The molecule has 0 radical (unpaired) electrons. The van der Waals surface area contributed by atoms with Crippen LogP contribution < -0.4 is 10.6 Å². The number of hydrogen-bond acceptors (Lipinski definition) is 5. The summed E-state index contributed by atoms with van der Waals surface area (Å²) in [4.78, 5) is 9.26. The highest BCUT2D eigenvalue weighted by Gasteiger charge is 2.21. The molecule has 0 saturated heterocycles. The minimum absolute atomic E-state index is 0.344. The van der Waals surface area contributed by atoms with E-state index in [4.69, 9.17) is 0 Å². The van der Waals surface area contributed by atoms with Crippen LogP contribution in [0.5, 0.6) is 0 Å². The van der Waals surface area contributed by atoms with E-state index in [0.29, 0.717) is 12.0 Å². The fourth-order valence-electron chi connectivity index (χ4n) is 2.72. The van der Waals surface area contributed by atoms with Gasteiger partial charge in [-0.3, -0.25) is 0 Å². The lowest BCUT2D eigenvalue weighted by molar-refractivity contribution is 0.472. The van der Waals surface area contributed by atoms with Crippen molar-refractivity contribution >= 4 is 23.4 Å². The Labute approximate surface area is 132 Å². The smallest absolute Gasteiger partial charge is 0.135 e. The Balaban J connectivity index is 2.05. The zero-order valence-corrected chi connectivity index (χ0v) is 14.5. The molecule has 0 atom stereocenters. The second-order valence-corrected chi connectivity index (χ2v) is 7.17. The van der Waals surface area contributed by atoms with Gasteiger partial charge < -0.3 is 10.6 Å². The third-order valence-corrected chi connectivity index (χ3v) is 5.12. The highest BCUT2D eigenvalue weighted by atomic mass is 32.2. The van der Waals surface area contributed by atoms with Gasteiger partial charge in [-0.2, -0.15) is 11.8 Å². The van der Waals surface area contributed by atoms with Crippen molar-refractivity contribution < 1.29 is 0 Å². The summed E-state index contributed by atoms with van der Waals surface area (Å²) in [5, 5.41) is 7.77. The number of aromatic nitrogens is 2. The number of nitrogens with zero attached hydrogens (tertiary/aromatic N) is 2. The summed E-state index contributed by atoms with van der Waals surface area (Å²) in [6, 6.07) is 2.59. The molecule has 1 aliphatic rings. The second-order valence-electron chi connectivity index (χ2n) is 6.04. The van der Waals surface area contributed by atoms with Gasteiger partial charge in [0, 0.05) is 29.8 Å². The van der Waals surface area contributed by atoms with E-state index in [2.05, 4.69) is 47.6 Å². The molecule has 1 heterocycles. The van der Waals surface area contributed by atoms with Crippen LogP contribution in [-0.4, -0.2) is 34.1 Å². The third-order valence-electron chi connectivity index (χ3n) is 3.98. The van der Waals surface area contributed by atoms with Crippen molar-refractivity contribution in [2.45, 2.75) is 63.7 Å². The monoisotopic (exact) mass is 308 g/mol. The lowest BCUT2D eigenvalue weighted by Crippen LogP contribution is -2.27. The van der Waals surface area contributed by atoms with E-state index in [1.807, 2.05) is 17.8 Å². The van der Waals surface area contributed by atoms with Crippen molar-refractivity contribution in [3.05, 3.63) is 11.9 Å². The van der Waals surface area contributed by atoms with Crippen molar-refractivity contribution in [2.75, 3.05) is 23.4 Å². The Morgan fingerprint density at radius 2 is 1.86 bits per heavy atom. The van der Waals surface area contributed by atoms with Gasteiger partial charge >= 0.3 is 0 Å². The zero-order valence-electron chi connectivity index (χ0n) is 13.6. The van der Waals surface area contributed by atoms with Crippen molar-refractivity contribution in [3.63, 3.8) is 0 Å². The summed E-state index contributed by atoms with van der Waals surface area (Å²) in [7, 11) is 0. The lowest BCUT2D eigenvalue weighted by atomic mass is 9.95. The topological polar surface area (TPSA) is 49.8 Å². The largest absolute Gasteiger partial charge is 0.370 e. The Morgan fingerprint density at radius 3 is 2.43 bits per heavy atom. The van der Waals surface area contributed by atoms with E-state index in [9.17, 15) is 0 Å². The molecular formula is C16H28N4S. The van der Waals surface area contributed by atoms with Gasteiger partial charge in [-0.15, -0.1) is 0 Å². The third kappa shape index (κ3) is 4.77. The predicted molar refractivity (Wildman–Crippen MR) is 93.5 cm³/mol.